The number of thioether (sulfide) groups is 1. The van der Waals surface area contributed by atoms with Gasteiger partial charge in [0.1, 0.15) is 0 Å². The molecule has 2 aliphatic carbocycles. The molecule has 164 valence electrons. The van der Waals surface area contributed by atoms with Gasteiger partial charge in [0.05, 0.1) is 11.3 Å². The number of hydrogen-bond donors (Lipinski definition) is 0. The second-order valence-corrected chi connectivity index (χ2v) is 10.1. The van der Waals surface area contributed by atoms with Crippen molar-refractivity contribution in [1.29, 1.82) is 0 Å². The van der Waals surface area contributed by atoms with Gasteiger partial charge in [-0.3, -0.25) is 14.5 Å². The van der Waals surface area contributed by atoms with Gasteiger partial charge in [-0.15, -0.1) is 11.8 Å². The van der Waals surface area contributed by atoms with Crippen molar-refractivity contribution in [2.75, 3.05) is 45.5 Å². The Morgan fingerprint density at radius 3 is 2.40 bits per heavy atom. The number of carbonyl (C=O) groups is 2. The molecule has 1 aromatic carbocycles. The number of rotatable bonds is 7. The van der Waals surface area contributed by atoms with E-state index in [2.05, 4.69) is 4.90 Å². The third-order valence-corrected chi connectivity index (χ3v) is 7.92. The normalized spacial score (nSPS) is 20.9. The van der Waals surface area contributed by atoms with Gasteiger partial charge in [-0.1, -0.05) is 31.4 Å². The zero-order valence-corrected chi connectivity index (χ0v) is 19.0. The summed E-state index contributed by atoms with van der Waals surface area (Å²) in [7, 11) is 1.94. The van der Waals surface area contributed by atoms with Crippen molar-refractivity contribution >= 4 is 23.6 Å². The molecule has 2 amide bonds. The SMILES string of the molecule is CN(C(=O)CSc1ccccc1C(=O)N1CCN(CC2CC2)CC1)C1CCCCC1. The van der Waals surface area contributed by atoms with E-state index in [9.17, 15) is 9.59 Å². The van der Waals surface area contributed by atoms with Crippen LogP contribution in [0.2, 0.25) is 0 Å². The van der Waals surface area contributed by atoms with E-state index in [4.69, 9.17) is 0 Å². The molecule has 3 aliphatic rings. The first-order valence-electron chi connectivity index (χ1n) is 11.6. The second-order valence-electron chi connectivity index (χ2n) is 9.12. The van der Waals surface area contributed by atoms with Gasteiger partial charge in [0.2, 0.25) is 5.91 Å². The topological polar surface area (TPSA) is 43.9 Å². The van der Waals surface area contributed by atoms with Crippen LogP contribution in [0.15, 0.2) is 29.2 Å². The highest BCUT2D eigenvalue weighted by molar-refractivity contribution is 8.00. The van der Waals surface area contributed by atoms with E-state index in [1.54, 1.807) is 0 Å². The van der Waals surface area contributed by atoms with Gasteiger partial charge < -0.3 is 9.80 Å². The Kier molecular flexibility index (Phi) is 7.37. The van der Waals surface area contributed by atoms with E-state index in [1.807, 2.05) is 41.1 Å². The summed E-state index contributed by atoms with van der Waals surface area (Å²) in [6.45, 7) is 4.75. The van der Waals surface area contributed by atoms with Crippen LogP contribution in [0.1, 0.15) is 55.3 Å². The number of hydrogen-bond acceptors (Lipinski definition) is 4. The van der Waals surface area contributed by atoms with Gasteiger partial charge >= 0.3 is 0 Å². The largest absolute Gasteiger partial charge is 0.342 e. The van der Waals surface area contributed by atoms with Gasteiger partial charge in [0.25, 0.3) is 5.91 Å². The molecule has 0 N–H and O–H groups in total. The van der Waals surface area contributed by atoms with Crippen molar-refractivity contribution < 1.29 is 9.59 Å². The summed E-state index contributed by atoms with van der Waals surface area (Å²) >= 11 is 1.51. The van der Waals surface area contributed by atoms with Crippen LogP contribution >= 0.6 is 11.8 Å². The smallest absolute Gasteiger partial charge is 0.255 e. The minimum absolute atomic E-state index is 0.109. The molecule has 0 atom stereocenters. The van der Waals surface area contributed by atoms with Gasteiger partial charge in [-0.2, -0.15) is 0 Å². The lowest BCUT2D eigenvalue weighted by Crippen LogP contribution is -2.49. The summed E-state index contributed by atoms with van der Waals surface area (Å²) in [6, 6.07) is 8.17. The molecule has 0 radical (unpaired) electrons. The molecule has 1 aliphatic heterocycles. The Hall–Kier alpha value is -1.53. The third-order valence-electron chi connectivity index (χ3n) is 6.86. The zero-order chi connectivity index (χ0) is 20.9. The van der Waals surface area contributed by atoms with E-state index < -0.39 is 0 Å². The van der Waals surface area contributed by atoms with Crippen molar-refractivity contribution in [3.8, 4) is 0 Å². The molecular formula is C24H35N3O2S. The van der Waals surface area contributed by atoms with E-state index in [0.717, 1.165) is 55.4 Å². The van der Waals surface area contributed by atoms with Crippen molar-refractivity contribution in [2.24, 2.45) is 5.92 Å². The van der Waals surface area contributed by atoms with Crippen molar-refractivity contribution in [3.05, 3.63) is 29.8 Å². The molecule has 5 nitrogen and oxygen atoms in total. The zero-order valence-electron chi connectivity index (χ0n) is 18.2. The minimum atomic E-state index is 0.109. The fourth-order valence-corrected chi connectivity index (χ4v) is 5.62. The highest BCUT2D eigenvalue weighted by Gasteiger charge is 2.29. The summed E-state index contributed by atoms with van der Waals surface area (Å²) in [5.41, 5.74) is 0.742. The Morgan fingerprint density at radius 1 is 1.00 bits per heavy atom. The molecule has 30 heavy (non-hydrogen) atoms. The molecule has 0 spiro atoms. The fraction of sp³-hybridized carbons (Fsp3) is 0.667. The van der Waals surface area contributed by atoms with Crippen molar-refractivity contribution in [3.63, 3.8) is 0 Å². The van der Waals surface area contributed by atoms with Crippen LogP contribution in [0.3, 0.4) is 0 Å². The first kappa shape index (κ1) is 21.7. The predicted molar refractivity (Wildman–Crippen MR) is 122 cm³/mol. The number of amides is 2. The predicted octanol–water partition coefficient (Wildman–Crippen LogP) is 3.74. The molecule has 6 heteroatoms. The molecule has 4 rings (SSSR count). The molecule has 3 fully saturated rings. The first-order chi connectivity index (χ1) is 14.6. The van der Waals surface area contributed by atoms with Crippen LogP contribution in [0.5, 0.6) is 0 Å². The van der Waals surface area contributed by atoms with Crippen LogP contribution in [-0.2, 0) is 4.79 Å². The Bertz CT molecular complexity index is 738. The van der Waals surface area contributed by atoms with Crippen molar-refractivity contribution in [1.82, 2.24) is 14.7 Å². The lowest BCUT2D eigenvalue weighted by atomic mass is 9.94. The van der Waals surface area contributed by atoms with E-state index in [1.165, 1.54) is 50.4 Å². The van der Waals surface area contributed by atoms with Gasteiger partial charge in [0.15, 0.2) is 0 Å². The van der Waals surface area contributed by atoms with Gasteiger partial charge in [-0.05, 0) is 43.7 Å². The summed E-state index contributed by atoms with van der Waals surface area (Å²) in [5, 5.41) is 0. The standard InChI is InChI=1S/C24H35N3O2S/c1-25(20-7-3-2-4-8-20)23(28)18-30-22-10-6-5-9-21(22)24(29)27-15-13-26(14-16-27)17-19-11-12-19/h5-6,9-10,19-20H,2-4,7-8,11-18H2,1H3. The van der Waals surface area contributed by atoms with Crippen molar-refractivity contribution in [2.45, 2.75) is 55.9 Å². The Morgan fingerprint density at radius 2 is 1.70 bits per heavy atom. The fourth-order valence-electron chi connectivity index (χ4n) is 4.65. The summed E-state index contributed by atoms with van der Waals surface area (Å²) in [5.74, 6) is 1.57. The van der Waals surface area contributed by atoms with E-state index >= 15 is 0 Å². The molecule has 1 heterocycles. The Balaban J connectivity index is 1.31. The molecule has 0 unspecified atom stereocenters. The van der Waals surface area contributed by atoms with Gasteiger partial charge in [0, 0.05) is 50.7 Å². The molecule has 2 saturated carbocycles. The lowest BCUT2D eigenvalue weighted by Gasteiger charge is -2.35. The maximum atomic E-state index is 13.2. The number of nitrogens with zero attached hydrogens (tertiary/aromatic N) is 3. The lowest BCUT2D eigenvalue weighted by molar-refractivity contribution is -0.129. The summed E-state index contributed by atoms with van der Waals surface area (Å²) in [6.07, 6.45) is 8.72. The molecular weight excluding hydrogens is 394 g/mol. The van der Waals surface area contributed by atoms with Crippen LogP contribution in [0.25, 0.3) is 0 Å². The highest BCUT2D eigenvalue weighted by atomic mass is 32.2. The quantitative estimate of drug-likeness (QED) is 0.620. The van der Waals surface area contributed by atoms with Crippen LogP contribution in [-0.4, -0.2) is 78.1 Å². The third kappa shape index (κ3) is 5.58. The van der Waals surface area contributed by atoms with E-state index in [-0.39, 0.29) is 11.8 Å². The molecule has 1 aromatic rings. The van der Waals surface area contributed by atoms with Crippen LogP contribution in [0, 0.1) is 5.92 Å². The highest BCUT2D eigenvalue weighted by Crippen LogP contribution is 2.30. The molecule has 1 saturated heterocycles. The molecule has 0 aromatic heterocycles. The number of carbonyl (C=O) groups excluding carboxylic acids is 2. The first-order valence-corrected chi connectivity index (χ1v) is 12.6. The summed E-state index contributed by atoms with van der Waals surface area (Å²) < 4.78 is 0. The average Bonchev–Trinajstić information content (AvgIpc) is 3.62. The maximum Gasteiger partial charge on any atom is 0.255 e. The Labute approximate surface area is 185 Å². The van der Waals surface area contributed by atoms with Crippen LogP contribution in [0.4, 0.5) is 0 Å². The van der Waals surface area contributed by atoms with Gasteiger partial charge in [-0.25, -0.2) is 0 Å². The maximum absolute atomic E-state index is 13.2. The minimum Gasteiger partial charge on any atom is -0.342 e. The molecule has 0 bridgehead atoms. The summed E-state index contributed by atoms with van der Waals surface area (Å²) in [4.78, 5) is 33.3. The average molecular weight is 430 g/mol. The van der Waals surface area contributed by atoms with Crippen LogP contribution < -0.4 is 0 Å². The van der Waals surface area contributed by atoms with E-state index in [0.29, 0.717) is 11.8 Å². The number of benzene rings is 1. The monoisotopic (exact) mass is 429 g/mol. The number of piperazine rings is 1. The second kappa shape index (κ2) is 10.2.